The highest BCUT2D eigenvalue weighted by Crippen LogP contribution is 2.29. The van der Waals surface area contributed by atoms with Gasteiger partial charge >= 0.3 is 0 Å². The van der Waals surface area contributed by atoms with Crippen LogP contribution in [0, 0.1) is 11.8 Å². The third-order valence-electron chi connectivity index (χ3n) is 3.65. The minimum atomic E-state index is -0.260. The maximum Gasteiger partial charge on any atom is 0.152 e. The van der Waals surface area contributed by atoms with Gasteiger partial charge < -0.3 is 10.5 Å². The number of hydrogen-bond acceptors (Lipinski definition) is 3. The molecule has 16 heavy (non-hydrogen) atoms. The summed E-state index contributed by atoms with van der Waals surface area (Å²) in [4.78, 5) is 11.7. The van der Waals surface area contributed by atoms with Crippen molar-refractivity contribution in [3.8, 4) is 0 Å². The van der Waals surface area contributed by atoms with Crippen LogP contribution in [0.25, 0.3) is 0 Å². The Labute approximate surface area is 98.7 Å². The minimum Gasteiger partial charge on any atom is -0.381 e. The molecule has 1 aliphatic carbocycles. The largest absolute Gasteiger partial charge is 0.381 e. The van der Waals surface area contributed by atoms with E-state index in [1.807, 2.05) is 13.8 Å². The Balaban J connectivity index is 2.30. The molecule has 3 heteroatoms. The summed E-state index contributed by atoms with van der Waals surface area (Å²) in [5.74, 6) is 0.878. The molecule has 3 nitrogen and oxygen atoms in total. The summed E-state index contributed by atoms with van der Waals surface area (Å²) >= 11 is 0. The molecule has 0 saturated heterocycles. The Bertz CT molecular complexity index is 220. The van der Waals surface area contributed by atoms with E-state index < -0.39 is 0 Å². The molecule has 0 spiro atoms. The topological polar surface area (TPSA) is 52.3 Å². The van der Waals surface area contributed by atoms with E-state index in [9.17, 15) is 4.79 Å². The van der Waals surface area contributed by atoms with Gasteiger partial charge in [-0.3, -0.25) is 4.79 Å². The fraction of sp³-hybridized carbons (Fsp3) is 0.923. The summed E-state index contributed by atoms with van der Waals surface area (Å²) in [6.45, 7) is 3.84. The van der Waals surface area contributed by atoms with Gasteiger partial charge in [-0.15, -0.1) is 0 Å². The second kappa shape index (κ2) is 6.36. The average molecular weight is 227 g/mol. The van der Waals surface area contributed by atoms with Crippen molar-refractivity contribution in [2.24, 2.45) is 17.6 Å². The smallest absolute Gasteiger partial charge is 0.152 e. The minimum absolute atomic E-state index is 0.0605. The van der Waals surface area contributed by atoms with Crippen LogP contribution in [0.1, 0.15) is 46.0 Å². The lowest BCUT2D eigenvalue weighted by Gasteiger charge is -2.29. The second-order valence-corrected chi connectivity index (χ2v) is 5.28. The molecule has 1 unspecified atom stereocenters. The summed E-state index contributed by atoms with van der Waals surface area (Å²) in [7, 11) is 1.78. The van der Waals surface area contributed by atoms with Gasteiger partial charge in [0.2, 0.25) is 0 Å². The maximum atomic E-state index is 11.7. The Morgan fingerprint density at radius 3 is 2.31 bits per heavy atom. The summed E-state index contributed by atoms with van der Waals surface area (Å²) in [5.41, 5.74) is 5.94. The van der Waals surface area contributed by atoms with Gasteiger partial charge in [0.15, 0.2) is 5.78 Å². The van der Waals surface area contributed by atoms with Crippen molar-refractivity contribution in [1.29, 1.82) is 0 Å². The molecule has 94 valence electrons. The molecule has 0 aliphatic heterocycles. The van der Waals surface area contributed by atoms with E-state index >= 15 is 0 Å². The van der Waals surface area contributed by atoms with Crippen LogP contribution in [0.3, 0.4) is 0 Å². The predicted octanol–water partition coefficient (Wildman–Crippen LogP) is 2.13. The summed E-state index contributed by atoms with van der Waals surface area (Å²) in [6.07, 6.45) is 5.81. The highest BCUT2D eigenvalue weighted by molar-refractivity contribution is 5.85. The van der Waals surface area contributed by atoms with Crippen LogP contribution in [0.2, 0.25) is 0 Å². The van der Waals surface area contributed by atoms with Crippen molar-refractivity contribution >= 4 is 5.78 Å². The first kappa shape index (κ1) is 13.7. The van der Waals surface area contributed by atoms with Gasteiger partial charge in [-0.2, -0.15) is 0 Å². The average Bonchev–Trinajstić information content (AvgIpc) is 2.28. The zero-order valence-electron chi connectivity index (χ0n) is 10.7. The third kappa shape index (κ3) is 3.87. The zero-order valence-corrected chi connectivity index (χ0v) is 10.7. The standard InChI is InChI=1S/C13H25NO2/c1-9(2)13(15)12(14)8-10-4-6-11(16-3)7-5-10/h9-12H,4-8,14H2,1-3H3. The van der Waals surface area contributed by atoms with Gasteiger partial charge in [0.1, 0.15) is 0 Å². The summed E-state index contributed by atoms with van der Waals surface area (Å²) in [6, 6.07) is -0.260. The molecule has 1 fully saturated rings. The molecule has 0 aromatic carbocycles. The van der Waals surface area contributed by atoms with Crippen molar-refractivity contribution < 1.29 is 9.53 Å². The molecule has 1 aliphatic rings. The lowest BCUT2D eigenvalue weighted by Crippen LogP contribution is -2.36. The zero-order chi connectivity index (χ0) is 12.1. The number of rotatable bonds is 5. The number of carbonyl (C=O) groups is 1. The van der Waals surface area contributed by atoms with Gasteiger partial charge in [0.05, 0.1) is 12.1 Å². The van der Waals surface area contributed by atoms with Crippen LogP contribution in [0.5, 0.6) is 0 Å². The van der Waals surface area contributed by atoms with Gasteiger partial charge in [-0.05, 0) is 38.0 Å². The molecule has 0 aromatic rings. The van der Waals surface area contributed by atoms with Crippen molar-refractivity contribution in [3.63, 3.8) is 0 Å². The molecule has 0 radical (unpaired) electrons. The molecular weight excluding hydrogens is 202 g/mol. The molecule has 0 bridgehead atoms. The van der Waals surface area contributed by atoms with Gasteiger partial charge in [-0.1, -0.05) is 13.8 Å². The van der Waals surface area contributed by atoms with E-state index in [1.165, 1.54) is 0 Å². The number of ether oxygens (including phenoxy) is 1. The number of methoxy groups -OCH3 is 1. The van der Waals surface area contributed by atoms with E-state index in [0.717, 1.165) is 32.1 Å². The first-order valence-electron chi connectivity index (χ1n) is 6.36. The van der Waals surface area contributed by atoms with E-state index in [4.69, 9.17) is 10.5 Å². The summed E-state index contributed by atoms with van der Waals surface area (Å²) in [5, 5.41) is 0. The van der Waals surface area contributed by atoms with Crippen LogP contribution >= 0.6 is 0 Å². The van der Waals surface area contributed by atoms with Gasteiger partial charge in [0.25, 0.3) is 0 Å². The fourth-order valence-electron chi connectivity index (χ4n) is 2.51. The molecule has 0 heterocycles. The second-order valence-electron chi connectivity index (χ2n) is 5.28. The SMILES string of the molecule is COC1CCC(CC(N)C(=O)C(C)C)CC1. The van der Waals surface area contributed by atoms with Gasteiger partial charge in [0, 0.05) is 13.0 Å². The molecule has 0 aromatic heterocycles. The van der Waals surface area contributed by atoms with Crippen molar-refractivity contribution in [1.82, 2.24) is 0 Å². The number of nitrogens with two attached hydrogens (primary N) is 1. The molecule has 2 N–H and O–H groups in total. The van der Waals surface area contributed by atoms with Crippen LogP contribution < -0.4 is 5.73 Å². The number of ketones is 1. The lowest BCUT2D eigenvalue weighted by molar-refractivity contribution is -0.123. The van der Waals surface area contributed by atoms with Crippen LogP contribution in [-0.2, 0) is 9.53 Å². The number of Topliss-reactive ketones (excluding diaryl/α,β-unsaturated/α-hetero) is 1. The molecule has 1 atom stereocenters. The van der Waals surface area contributed by atoms with Crippen LogP contribution in [-0.4, -0.2) is 25.0 Å². The highest BCUT2D eigenvalue weighted by atomic mass is 16.5. The first-order valence-corrected chi connectivity index (χ1v) is 6.36. The third-order valence-corrected chi connectivity index (χ3v) is 3.65. The Kier molecular flexibility index (Phi) is 5.42. The Morgan fingerprint density at radius 1 is 1.31 bits per heavy atom. The van der Waals surface area contributed by atoms with Gasteiger partial charge in [-0.25, -0.2) is 0 Å². The Hall–Kier alpha value is -0.410. The number of hydrogen-bond donors (Lipinski definition) is 1. The van der Waals surface area contributed by atoms with Crippen molar-refractivity contribution in [2.45, 2.75) is 58.1 Å². The highest BCUT2D eigenvalue weighted by Gasteiger charge is 2.25. The fourth-order valence-corrected chi connectivity index (χ4v) is 2.51. The van der Waals surface area contributed by atoms with Crippen LogP contribution in [0.15, 0.2) is 0 Å². The van der Waals surface area contributed by atoms with Crippen LogP contribution in [0.4, 0.5) is 0 Å². The maximum absolute atomic E-state index is 11.7. The Morgan fingerprint density at radius 2 is 1.88 bits per heavy atom. The lowest BCUT2D eigenvalue weighted by atomic mass is 9.82. The normalized spacial score (nSPS) is 28.1. The van der Waals surface area contributed by atoms with E-state index in [1.54, 1.807) is 7.11 Å². The first-order chi connectivity index (χ1) is 7.54. The monoisotopic (exact) mass is 227 g/mol. The molecule has 1 saturated carbocycles. The summed E-state index contributed by atoms with van der Waals surface area (Å²) < 4.78 is 5.33. The van der Waals surface area contributed by atoms with E-state index in [2.05, 4.69) is 0 Å². The molecule has 0 amide bonds. The van der Waals surface area contributed by atoms with Crippen molar-refractivity contribution in [3.05, 3.63) is 0 Å². The molecule has 1 rings (SSSR count). The van der Waals surface area contributed by atoms with E-state index in [0.29, 0.717) is 12.0 Å². The quantitative estimate of drug-likeness (QED) is 0.783. The predicted molar refractivity (Wildman–Crippen MR) is 65.2 cm³/mol. The molecular formula is C13H25NO2. The van der Waals surface area contributed by atoms with E-state index in [-0.39, 0.29) is 17.7 Å². The number of carbonyl (C=O) groups excluding carboxylic acids is 1. The van der Waals surface area contributed by atoms with Crippen molar-refractivity contribution in [2.75, 3.05) is 7.11 Å².